The van der Waals surface area contributed by atoms with Gasteiger partial charge < -0.3 is 10.6 Å². The van der Waals surface area contributed by atoms with Gasteiger partial charge in [0.25, 0.3) is 5.91 Å². The van der Waals surface area contributed by atoms with E-state index in [1.807, 2.05) is 30.3 Å². The zero-order chi connectivity index (χ0) is 18.4. The Balaban J connectivity index is 1.55. The molecule has 0 aliphatic carbocycles. The van der Waals surface area contributed by atoms with Crippen LogP contribution in [0.3, 0.4) is 0 Å². The van der Waals surface area contributed by atoms with Crippen LogP contribution in [-0.4, -0.2) is 16.8 Å². The van der Waals surface area contributed by atoms with Crippen molar-refractivity contribution in [1.29, 1.82) is 0 Å². The summed E-state index contributed by atoms with van der Waals surface area (Å²) >= 11 is 1.14. The third-order valence-corrected chi connectivity index (χ3v) is 4.35. The topological polar surface area (TPSA) is 71.1 Å². The molecular formula is C19H16FN3O2S. The molecule has 7 heteroatoms. The minimum absolute atomic E-state index is 0.0824. The van der Waals surface area contributed by atoms with Crippen molar-refractivity contribution in [3.63, 3.8) is 0 Å². The largest absolute Gasteiger partial charge is 0.318 e. The molecule has 2 amide bonds. The molecule has 3 aromatic rings. The lowest BCUT2D eigenvalue weighted by Crippen LogP contribution is -2.15. The van der Waals surface area contributed by atoms with Crippen LogP contribution < -0.4 is 10.6 Å². The highest BCUT2D eigenvalue weighted by Crippen LogP contribution is 2.18. The van der Waals surface area contributed by atoms with Crippen LogP contribution in [0.25, 0.3) is 0 Å². The minimum atomic E-state index is -0.531. The van der Waals surface area contributed by atoms with Gasteiger partial charge in [0, 0.05) is 11.8 Å². The number of rotatable bonds is 6. The summed E-state index contributed by atoms with van der Waals surface area (Å²) in [6, 6.07) is 15.6. The number of carbonyl (C=O) groups is 2. The Morgan fingerprint density at radius 3 is 2.50 bits per heavy atom. The maximum absolute atomic E-state index is 13.6. The van der Waals surface area contributed by atoms with Crippen molar-refractivity contribution < 1.29 is 14.0 Å². The van der Waals surface area contributed by atoms with Gasteiger partial charge in [0.15, 0.2) is 5.13 Å². The number of hydrogen-bond donors (Lipinski definition) is 2. The smallest absolute Gasteiger partial charge is 0.275 e. The quantitative estimate of drug-likeness (QED) is 0.687. The number of benzene rings is 2. The van der Waals surface area contributed by atoms with Crippen molar-refractivity contribution in [2.75, 3.05) is 10.6 Å². The molecule has 0 saturated heterocycles. The standard InChI is InChI=1S/C19H16FN3O2S/c20-14-8-4-5-9-15(14)21-18(25)16-12-26-19(22-16)23-17(24)11-10-13-6-2-1-3-7-13/h1-9,12H,10-11H2,(H,21,25)(H,22,23,24). The summed E-state index contributed by atoms with van der Waals surface area (Å²) in [5.74, 6) is -1.23. The summed E-state index contributed by atoms with van der Waals surface area (Å²) in [5.41, 5.74) is 1.28. The van der Waals surface area contributed by atoms with Gasteiger partial charge in [-0.3, -0.25) is 9.59 Å². The molecular weight excluding hydrogens is 353 g/mol. The predicted molar refractivity (Wildman–Crippen MR) is 99.9 cm³/mol. The number of aryl methyl sites for hydroxylation is 1. The van der Waals surface area contributed by atoms with Crippen LogP contribution in [0.2, 0.25) is 0 Å². The number of hydrogen-bond acceptors (Lipinski definition) is 4. The third kappa shape index (κ3) is 4.73. The van der Waals surface area contributed by atoms with Crippen molar-refractivity contribution in [2.45, 2.75) is 12.8 Å². The van der Waals surface area contributed by atoms with E-state index in [2.05, 4.69) is 15.6 Å². The van der Waals surface area contributed by atoms with Crippen molar-refractivity contribution in [3.8, 4) is 0 Å². The minimum Gasteiger partial charge on any atom is -0.318 e. The second-order valence-electron chi connectivity index (χ2n) is 5.51. The first kappa shape index (κ1) is 17.8. The lowest BCUT2D eigenvalue weighted by molar-refractivity contribution is -0.116. The highest BCUT2D eigenvalue weighted by molar-refractivity contribution is 7.14. The van der Waals surface area contributed by atoms with Crippen LogP contribution >= 0.6 is 11.3 Å². The molecule has 5 nitrogen and oxygen atoms in total. The highest BCUT2D eigenvalue weighted by Gasteiger charge is 2.14. The van der Waals surface area contributed by atoms with Gasteiger partial charge >= 0.3 is 0 Å². The zero-order valence-electron chi connectivity index (χ0n) is 13.7. The Morgan fingerprint density at radius 1 is 1.00 bits per heavy atom. The Labute approximate surface area is 153 Å². The molecule has 1 aromatic heterocycles. The van der Waals surface area contributed by atoms with E-state index in [9.17, 15) is 14.0 Å². The molecule has 2 N–H and O–H groups in total. The van der Waals surface area contributed by atoms with Crippen LogP contribution in [0, 0.1) is 5.82 Å². The van der Waals surface area contributed by atoms with Crippen LogP contribution in [0.5, 0.6) is 0 Å². The summed E-state index contributed by atoms with van der Waals surface area (Å²) in [7, 11) is 0. The van der Waals surface area contributed by atoms with Gasteiger partial charge in [0.1, 0.15) is 11.5 Å². The number of nitrogens with one attached hydrogen (secondary N) is 2. The fourth-order valence-electron chi connectivity index (χ4n) is 2.27. The average Bonchev–Trinajstić information content (AvgIpc) is 3.11. The number of nitrogens with zero attached hydrogens (tertiary/aromatic N) is 1. The van der Waals surface area contributed by atoms with Gasteiger partial charge in [-0.05, 0) is 24.1 Å². The molecule has 2 aromatic carbocycles. The van der Waals surface area contributed by atoms with Crippen LogP contribution in [0.15, 0.2) is 60.0 Å². The normalized spacial score (nSPS) is 10.3. The first-order valence-electron chi connectivity index (χ1n) is 7.97. The molecule has 26 heavy (non-hydrogen) atoms. The van der Waals surface area contributed by atoms with Gasteiger partial charge in [0.05, 0.1) is 5.69 Å². The molecule has 0 radical (unpaired) electrons. The first-order chi connectivity index (χ1) is 12.6. The van der Waals surface area contributed by atoms with Crippen molar-refractivity contribution in [3.05, 3.63) is 77.1 Å². The van der Waals surface area contributed by atoms with E-state index >= 15 is 0 Å². The highest BCUT2D eigenvalue weighted by atomic mass is 32.1. The first-order valence-corrected chi connectivity index (χ1v) is 8.85. The molecule has 3 rings (SSSR count). The van der Waals surface area contributed by atoms with E-state index in [0.717, 1.165) is 16.9 Å². The number of para-hydroxylation sites is 1. The molecule has 0 aliphatic heterocycles. The number of carbonyl (C=O) groups excluding carboxylic acids is 2. The Kier molecular flexibility index (Phi) is 5.70. The maximum atomic E-state index is 13.6. The van der Waals surface area contributed by atoms with E-state index in [0.29, 0.717) is 18.0 Å². The Morgan fingerprint density at radius 2 is 1.73 bits per heavy atom. The molecule has 132 valence electrons. The van der Waals surface area contributed by atoms with E-state index in [1.165, 1.54) is 23.6 Å². The van der Waals surface area contributed by atoms with Crippen LogP contribution in [-0.2, 0) is 11.2 Å². The number of halogens is 1. The second kappa shape index (κ2) is 8.35. The van der Waals surface area contributed by atoms with Gasteiger partial charge in [-0.15, -0.1) is 11.3 Å². The number of aromatic nitrogens is 1. The van der Waals surface area contributed by atoms with Crippen molar-refractivity contribution >= 4 is 34.0 Å². The average molecular weight is 369 g/mol. The summed E-state index contributed by atoms with van der Waals surface area (Å²) in [4.78, 5) is 28.2. The molecule has 0 bridgehead atoms. The van der Waals surface area contributed by atoms with Gasteiger partial charge in [0.2, 0.25) is 5.91 Å². The molecule has 0 aliphatic rings. The zero-order valence-corrected chi connectivity index (χ0v) is 14.6. The second-order valence-corrected chi connectivity index (χ2v) is 6.36. The molecule has 0 saturated carbocycles. The third-order valence-electron chi connectivity index (χ3n) is 3.59. The maximum Gasteiger partial charge on any atom is 0.275 e. The van der Waals surface area contributed by atoms with E-state index in [-0.39, 0.29) is 17.3 Å². The van der Waals surface area contributed by atoms with E-state index in [4.69, 9.17) is 0 Å². The summed E-state index contributed by atoms with van der Waals surface area (Å²) in [6.45, 7) is 0. The number of thiazole rings is 1. The van der Waals surface area contributed by atoms with Gasteiger partial charge in [-0.2, -0.15) is 0 Å². The van der Waals surface area contributed by atoms with E-state index in [1.54, 1.807) is 6.07 Å². The molecule has 0 spiro atoms. The lowest BCUT2D eigenvalue weighted by atomic mass is 10.1. The lowest BCUT2D eigenvalue weighted by Gasteiger charge is -2.04. The van der Waals surface area contributed by atoms with Gasteiger partial charge in [-0.1, -0.05) is 42.5 Å². The summed E-state index contributed by atoms with van der Waals surface area (Å²) < 4.78 is 13.6. The van der Waals surface area contributed by atoms with Crippen LogP contribution in [0.1, 0.15) is 22.5 Å². The summed E-state index contributed by atoms with van der Waals surface area (Å²) in [6.07, 6.45) is 0.943. The fourth-order valence-corrected chi connectivity index (χ4v) is 2.98. The summed E-state index contributed by atoms with van der Waals surface area (Å²) in [5, 5.41) is 6.99. The number of amides is 2. The van der Waals surface area contributed by atoms with E-state index < -0.39 is 11.7 Å². The molecule has 0 unspecified atom stereocenters. The Hall–Kier alpha value is -3.06. The SMILES string of the molecule is O=C(CCc1ccccc1)Nc1nc(C(=O)Nc2ccccc2F)cs1. The Bertz CT molecular complexity index is 912. The molecule has 1 heterocycles. The molecule has 0 fully saturated rings. The molecule has 0 atom stereocenters. The predicted octanol–water partition coefficient (Wildman–Crippen LogP) is 4.11. The van der Waals surface area contributed by atoms with Crippen molar-refractivity contribution in [2.24, 2.45) is 0 Å². The number of anilines is 2. The fraction of sp³-hybridized carbons (Fsp3) is 0.105. The van der Waals surface area contributed by atoms with Gasteiger partial charge in [-0.25, -0.2) is 9.37 Å². The monoisotopic (exact) mass is 369 g/mol. The van der Waals surface area contributed by atoms with Crippen LogP contribution in [0.4, 0.5) is 15.2 Å². The van der Waals surface area contributed by atoms with Crippen molar-refractivity contribution in [1.82, 2.24) is 4.98 Å².